The normalized spacial score (nSPS) is 16.8. The first kappa shape index (κ1) is 16.2. The molecule has 1 heterocycles. The molecule has 0 radical (unpaired) electrons. The molecule has 1 atom stereocenters. The van der Waals surface area contributed by atoms with Crippen molar-refractivity contribution in [1.82, 2.24) is 0 Å². The number of unbranched alkanes of at least 4 members (excludes halogenated alkanes) is 3. The predicted octanol–water partition coefficient (Wildman–Crippen LogP) is 4.29. The quantitative estimate of drug-likeness (QED) is 0.723. The van der Waals surface area contributed by atoms with E-state index in [1.54, 1.807) is 0 Å². The third-order valence-electron chi connectivity index (χ3n) is 4.15. The molecule has 1 N–H and O–H groups in total. The first-order valence-corrected chi connectivity index (χ1v) is 8.49. The van der Waals surface area contributed by atoms with Gasteiger partial charge in [-0.25, -0.2) is 0 Å². The average molecular weight is 290 g/mol. The van der Waals surface area contributed by atoms with Gasteiger partial charge in [-0.2, -0.15) is 0 Å². The molecule has 0 saturated carbocycles. The lowest BCUT2D eigenvalue weighted by atomic mass is 10.1. The van der Waals surface area contributed by atoms with Crippen molar-refractivity contribution < 1.29 is 4.74 Å². The fourth-order valence-corrected chi connectivity index (χ4v) is 2.89. The molecule has 2 rings (SSSR count). The van der Waals surface area contributed by atoms with E-state index in [0.29, 0.717) is 6.04 Å². The Bertz CT molecular complexity index is 402. The van der Waals surface area contributed by atoms with Crippen molar-refractivity contribution >= 4 is 11.4 Å². The molecule has 21 heavy (non-hydrogen) atoms. The second kappa shape index (κ2) is 8.93. The van der Waals surface area contributed by atoms with Gasteiger partial charge in [0.15, 0.2) is 0 Å². The van der Waals surface area contributed by atoms with E-state index < -0.39 is 0 Å². The van der Waals surface area contributed by atoms with E-state index in [9.17, 15) is 0 Å². The summed E-state index contributed by atoms with van der Waals surface area (Å²) in [5.74, 6) is 0. The summed E-state index contributed by atoms with van der Waals surface area (Å²) in [5.41, 5.74) is 2.59. The highest BCUT2D eigenvalue weighted by Crippen LogP contribution is 2.27. The van der Waals surface area contributed by atoms with E-state index in [1.807, 2.05) is 0 Å². The molecule has 0 aromatic heterocycles. The highest BCUT2D eigenvalue weighted by Gasteiger charge is 2.15. The van der Waals surface area contributed by atoms with Crippen LogP contribution in [0.3, 0.4) is 0 Å². The third-order valence-corrected chi connectivity index (χ3v) is 4.15. The number of morpholine rings is 1. The molecule has 1 saturated heterocycles. The predicted molar refractivity (Wildman–Crippen MR) is 91.3 cm³/mol. The van der Waals surface area contributed by atoms with E-state index in [2.05, 4.69) is 48.3 Å². The number of hydrogen-bond acceptors (Lipinski definition) is 3. The molecule has 3 nitrogen and oxygen atoms in total. The first-order valence-electron chi connectivity index (χ1n) is 8.49. The van der Waals surface area contributed by atoms with Crippen molar-refractivity contribution in [3.05, 3.63) is 24.3 Å². The van der Waals surface area contributed by atoms with Crippen molar-refractivity contribution in [2.45, 2.75) is 52.0 Å². The van der Waals surface area contributed by atoms with Crippen LogP contribution in [0, 0.1) is 0 Å². The second-order valence-corrected chi connectivity index (χ2v) is 6.01. The number of rotatable bonds is 8. The van der Waals surface area contributed by atoms with Gasteiger partial charge in [0, 0.05) is 19.1 Å². The van der Waals surface area contributed by atoms with E-state index in [1.165, 1.54) is 43.5 Å². The Morgan fingerprint density at radius 2 is 1.90 bits per heavy atom. The third kappa shape index (κ3) is 5.24. The molecule has 0 bridgehead atoms. The van der Waals surface area contributed by atoms with Gasteiger partial charge in [0.1, 0.15) is 0 Å². The molecule has 3 heteroatoms. The molecular weight excluding hydrogens is 260 g/mol. The van der Waals surface area contributed by atoms with Crippen LogP contribution in [0.2, 0.25) is 0 Å². The largest absolute Gasteiger partial charge is 0.381 e. The van der Waals surface area contributed by atoms with Crippen LogP contribution in [0.25, 0.3) is 0 Å². The monoisotopic (exact) mass is 290 g/mol. The summed E-state index contributed by atoms with van der Waals surface area (Å²) in [4.78, 5) is 2.43. The van der Waals surface area contributed by atoms with E-state index in [0.717, 1.165) is 26.3 Å². The standard InChI is InChI=1S/C18H30N2O/c1-3-4-5-6-9-16(2)19-17-10-7-8-11-18(17)20-12-14-21-15-13-20/h7-8,10-11,16,19H,3-6,9,12-15H2,1-2H3. The molecular formula is C18H30N2O. The lowest BCUT2D eigenvalue weighted by Gasteiger charge is -2.31. The van der Waals surface area contributed by atoms with Crippen molar-refractivity contribution in [3.8, 4) is 0 Å². The van der Waals surface area contributed by atoms with Crippen LogP contribution in [0.15, 0.2) is 24.3 Å². The van der Waals surface area contributed by atoms with Gasteiger partial charge in [0.05, 0.1) is 24.6 Å². The second-order valence-electron chi connectivity index (χ2n) is 6.01. The van der Waals surface area contributed by atoms with Crippen molar-refractivity contribution in [3.63, 3.8) is 0 Å². The highest BCUT2D eigenvalue weighted by molar-refractivity contribution is 5.70. The molecule has 1 aliphatic heterocycles. The van der Waals surface area contributed by atoms with Gasteiger partial charge >= 0.3 is 0 Å². The van der Waals surface area contributed by atoms with Crippen LogP contribution >= 0.6 is 0 Å². The zero-order valence-corrected chi connectivity index (χ0v) is 13.6. The number of benzene rings is 1. The Hall–Kier alpha value is -1.22. The van der Waals surface area contributed by atoms with E-state index in [4.69, 9.17) is 4.74 Å². The van der Waals surface area contributed by atoms with E-state index in [-0.39, 0.29) is 0 Å². The van der Waals surface area contributed by atoms with Crippen molar-refractivity contribution in [2.75, 3.05) is 36.5 Å². The maximum Gasteiger partial charge on any atom is 0.0642 e. The molecule has 1 fully saturated rings. The number of ether oxygens (including phenoxy) is 1. The molecule has 1 aromatic rings. The Kier molecular flexibility index (Phi) is 6.87. The van der Waals surface area contributed by atoms with Gasteiger partial charge in [-0.3, -0.25) is 0 Å². The summed E-state index contributed by atoms with van der Waals surface area (Å²) >= 11 is 0. The molecule has 1 aromatic carbocycles. The number of anilines is 2. The zero-order valence-electron chi connectivity index (χ0n) is 13.6. The van der Waals surface area contributed by atoms with Crippen molar-refractivity contribution in [1.29, 1.82) is 0 Å². The number of nitrogens with zero attached hydrogens (tertiary/aromatic N) is 1. The first-order chi connectivity index (χ1) is 10.3. The summed E-state index contributed by atoms with van der Waals surface area (Å²) in [6.45, 7) is 8.21. The SMILES string of the molecule is CCCCCCC(C)Nc1ccccc1N1CCOCC1. The molecule has 1 unspecified atom stereocenters. The fourth-order valence-electron chi connectivity index (χ4n) is 2.89. The van der Waals surface area contributed by atoms with Gasteiger partial charge in [-0.05, 0) is 25.5 Å². The zero-order chi connectivity index (χ0) is 14.9. The average Bonchev–Trinajstić information content (AvgIpc) is 2.53. The van der Waals surface area contributed by atoms with Crippen molar-refractivity contribution in [2.24, 2.45) is 0 Å². The van der Waals surface area contributed by atoms with Gasteiger partial charge < -0.3 is 15.0 Å². The van der Waals surface area contributed by atoms with Crippen LogP contribution < -0.4 is 10.2 Å². The maximum absolute atomic E-state index is 5.46. The number of para-hydroxylation sites is 2. The summed E-state index contributed by atoms with van der Waals surface area (Å²) < 4.78 is 5.46. The van der Waals surface area contributed by atoms with E-state index >= 15 is 0 Å². The van der Waals surface area contributed by atoms with Crippen LogP contribution in [-0.4, -0.2) is 32.3 Å². The molecule has 0 aliphatic carbocycles. The van der Waals surface area contributed by atoms with Crippen LogP contribution in [0.5, 0.6) is 0 Å². The van der Waals surface area contributed by atoms with Gasteiger partial charge in [-0.1, -0.05) is 44.7 Å². The minimum absolute atomic E-state index is 0.532. The van der Waals surface area contributed by atoms with Gasteiger partial charge in [0.2, 0.25) is 0 Å². The lowest BCUT2D eigenvalue weighted by Crippen LogP contribution is -2.36. The number of hydrogen-bond donors (Lipinski definition) is 1. The minimum Gasteiger partial charge on any atom is -0.381 e. The molecule has 0 spiro atoms. The number of nitrogens with one attached hydrogen (secondary N) is 1. The Morgan fingerprint density at radius 3 is 2.67 bits per heavy atom. The highest BCUT2D eigenvalue weighted by atomic mass is 16.5. The molecule has 1 aliphatic rings. The summed E-state index contributed by atoms with van der Waals surface area (Å²) in [6.07, 6.45) is 6.59. The smallest absolute Gasteiger partial charge is 0.0642 e. The lowest BCUT2D eigenvalue weighted by molar-refractivity contribution is 0.123. The van der Waals surface area contributed by atoms with Crippen LogP contribution in [-0.2, 0) is 4.74 Å². The van der Waals surface area contributed by atoms with Crippen LogP contribution in [0.4, 0.5) is 11.4 Å². The maximum atomic E-state index is 5.46. The Balaban J connectivity index is 1.89. The molecule has 118 valence electrons. The fraction of sp³-hybridized carbons (Fsp3) is 0.667. The van der Waals surface area contributed by atoms with Crippen LogP contribution in [0.1, 0.15) is 46.0 Å². The summed E-state index contributed by atoms with van der Waals surface area (Å²) in [7, 11) is 0. The topological polar surface area (TPSA) is 24.5 Å². The van der Waals surface area contributed by atoms with Gasteiger partial charge in [-0.15, -0.1) is 0 Å². The summed E-state index contributed by atoms with van der Waals surface area (Å²) in [6, 6.07) is 9.20. The summed E-state index contributed by atoms with van der Waals surface area (Å²) in [5, 5.41) is 3.70. The molecule has 0 amide bonds. The van der Waals surface area contributed by atoms with Gasteiger partial charge in [0.25, 0.3) is 0 Å². The minimum atomic E-state index is 0.532. The Labute approximate surface area is 129 Å². The Morgan fingerprint density at radius 1 is 1.14 bits per heavy atom.